The van der Waals surface area contributed by atoms with Gasteiger partial charge in [0.05, 0.1) is 32.0 Å². The number of rotatable bonds is 19. The quantitative estimate of drug-likeness (QED) is 0.0865. The van der Waals surface area contributed by atoms with E-state index in [4.69, 9.17) is 13.9 Å². The molecule has 55 heavy (non-hydrogen) atoms. The Labute approximate surface area is 322 Å². The maximum absolute atomic E-state index is 14.6. The molecule has 13 nitrogen and oxygen atoms in total. The number of carbonyl (C=O) groups excluding carboxylic acids is 5. The summed E-state index contributed by atoms with van der Waals surface area (Å²) in [7, 11) is 2.47. The first-order valence-corrected chi connectivity index (χ1v) is 19.4. The highest BCUT2D eigenvalue weighted by Crippen LogP contribution is 2.45. The fourth-order valence-corrected chi connectivity index (χ4v) is 7.40. The molecule has 3 N–H and O–H groups in total. The maximum Gasteiger partial charge on any atom is 0.341 e. The third kappa shape index (κ3) is 10.7. The van der Waals surface area contributed by atoms with Gasteiger partial charge in [0.25, 0.3) is 0 Å². The number of hydrogen-bond donors (Lipinski definition) is 3. The molecule has 0 aliphatic carbocycles. The van der Waals surface area contributed by atoms with E-state index in [0.717, 1.165) is 37.7 Å². The molecule has 3 amide bonds. The largest absolute Gasteiger partial charge is 0.467 e. The Balaban J connectivity index is 1.77. The Kier molecular flexibility index (Phi) is 15.8. The summed E-state index contributed by atoms with van der Waals surface area (Å²) < 4.78 is 15.7. The van der Waals surface area contributed by atoms with E-state index in [-0.39, 0.29) is 24.7 Å². The first-order chi connectivity index (χ1) is 26.4. The monoisotopic (exact) mass is 760 g/mol. The molecule has 1 aromatic heterocycles. The Bertz CT molecular complexity index is 1850. The van der Waals surface area contributed by atoms with E-state index >= 15 is 0 Å². The van der Waals surface area contributed by atoms with Gasteiger partial charge in [0.1, 0.15) is 29.8 Å². The number of benzene rings is 2. The summed E-state index contributed by atoms with van der Waals surface area (Å²) in [5.74, 6) is -3.69. The molecule has 0 saturated heterocycles. The van der Waals surface area contributed by atoms with Gasteiger partial charge in [-0.1, -0.05) is 102 Å². The van der Waals surface area contributed by atoms with Gasteiger partial charge in [-0.25, -0.2) is 14.4 Å². The molecule has 0 bridgehead atoms. The van der Waals surface area contributed by atoms with Crippen LogP contribution < -0.4 is 26.5 Å². The number of unbranched alkanes of at least 4 members (excludes halogenated alkanes) is 4. The molecule has 298 valence electrons. The standard InChI is InChI=1S/C42H56N4O9/c1-7-9-10-11-15-20-29-24-32(38(48)43-25-34(47)45-31(41(51)54-6)23-28-18-13-12-14-19-28)46(36(26(3)8-2)39(49)44-27(4)40(50)53-5)37-30-21-16-17-22-33(30)55-42(52)35(29)37/h12-14,16-19,21-22,26-27,29,31-32,36H,7-11,15,20,23-25H2,1-6H3,(H,43,48)(H,44,49)(H,45,47)/t26?,27?,29-,31+,32-,36?/m1/s1. The summed E-state index contributed by atoms with van der Waals surface area (Å²) in [5.41, 5.74) is 1.42. The van der Waals surface area contributed by atoms with Crippen LogP contribution in [0.2, 0.25) is 0 Å². The number of anilines is 1. The smallest absolute Gasteiger partial charge is 0.341 e. The average molecular weight is 761 g/mol. The molecule has 0 saturated carbocycles. The van der Waals surface area contributed by atoms with Gasteiger partial charge in [0.2, 0.25) is 17.7 Å². The number of nitrogens with one attached hydrogen (secondary N) is 3. The number of esters is 2. The molecule has 0 radical (unpaired) electrons. The van der Waals surface area contributed by atoms with Crippen molar-refractivity contribution in [1.29, 1.82) is 0 Å². The zero-order valence-corrected chi connectivity index (χ0v) is 32.9. The zero-order valence-electron chi connectivity index (χ0n) is 32.9. The van der Waals surface area contributed by atoms with Gasteiger partial charge < -0.3 is 34.7 Å². The first-order valence-electron chi connectivity index (χ1n) is 19.4. The number of methoxy groups -OCH3 is 2. The third-order valence-corrected chi connectivity index (χ3v) is 10.5. The molecule has 4 rings (SSSR count). The lowest BCUT2D eigenvalue weighted by Gasteiger charge is -2.46. The average Bonchev–Trinajstić information content (AvgIpc) is 3.19. The topological polar surface area (TPSA) is 173 Å². The van der Waals surface area contributed by atoms with Crippen LogP contribution in [0.15, 0.2) is 63.8 Å². The van der Waals surface area contributed by atoms with Crippen molar-refractivity contribution in [2.24, 2.45) is 5.92 Å². The molecule has 3 unspecified atom stereocenters. The number of fused-ring (bicyclic) bond motifs is 3. The number of para-hydroxylation sites is 1. The van der Waals surface area contributed by atoms with Crippen molar-refractivity contribution < 1.29 is 37.9 Å². The summed E-state index contributed by atoms with van der Waals surface area (Å²) in [6.07, 6.45) is 6.46. The molecule has 13 heteroatoms. The predicted molar refractivity (Wildman–Crippen MR) is 209 cm³/mol. The lowest BCUT2D eigenvalue weighted by Crippen LogP contribution is -2.62. The predicted octanol–water partition coefficient (Wildman–Crippen LogP) is 4.92. The molecule has 1 aliphatic rings. The Morgan fingerprint density at radius 3 is 2.22 bits per heavy atom. The van der Waals surface area contributed by atoms with Crippen molar-refractivity contribution in [3.05, 3.63) is 76.1 Å². The van der Waals surface area contributed by atoms with Crippen LogP contribution in [0.3, 0.4) is 0 Å². The number of hydrogen-bond acceptors (Lipinski definition) is 10. The molecule has 0 spiro atoms. The molecular weight excluding hydrogens is 704 g/mol. The zero-order chi connectivity index (χ0) is 40.1. The number of amides is 3. The van der Waals surface area contributed by atoms with Crippen molar-refractivity contribution in [3.8, 4) is 0 Å². The summed E-state index contributed by atoms with van der Waals surface area (Å²) in [6.45, 7) is 6.99. The Hall–Kier alpha value is -5.20. The van der Waals surface area contributed by atoms with E-state index in [2.05, 4.69) is 22.9 Å². The van der Waals surface area contributed by atoms with Crippen LogP contribution in [-0.4, -0.2) is 74.6 Å². The van der Waals surface area contributed by atoms with Crippen molar-refractivity contribution >= 4 is 46.3 Å². The van der Waals surface area contributed by atoms with E-state index in [0.29, 0.717) is 35.1 Å². The minimum absolute atomic E-state index is 0.170. The summed E-state index contributed by atoms with van der Waals surface area (Å²) in [6, 6.07) is 12.2. The molecule has 3 aromatic rings. The second-order valence-electron chi connectivity index (χ2n) is 14.3. The number of ether oxygens (including phenoxy) is 2. The van der Waals surface area contributed by atoms with Crippen LogP contribution >= 0.6 is 0 Å². The first kappa shape index (κ1) is 42.5. The lowest BCUT2D eigenvalue weighted by atomic mass is 9.79. The molecule has 2 aromatic carbocycles. The van der Waals surface area contributed by atoms with Gasteiger partial charge in [0.15, 0.2) is 0 Å². The molecule has 6 atom stereocenters. The lowest BCUT2D eigenvalue weighted by molar-refractivity contribution is -0.145. The molecular formula is C42H56N4O9. The normalized spacial score (nSPS) is 17.2. The van der Waals surface area contributed by atoms with E-state index in [1.807, 2.05) is 44.2 Å². The van der Waals surface area contributed by atoms with Gasteiger partial charge in [0, 0.05) is 11.8 Å². The van der Waals surface area contributed by atoms with Gasteiger partial charge >= 0.3 is 17.6 Å². The van der Waals surface area contributed by atoms with E-state index in [9.17, 15) is 28.8 Å². The van der Waals surface area contributed by atoms with Crippen molar-refractivity contribution in [2.45, 2.75) is 116 Å². The molecule has 0 fully saturated rings. The van der Waals surface area contributed by atoms with E-state index in [1.165, 1.54) is 21.1 Å². The van der Waals surface area contributed by atoms with Crippen molar-refractivity contribution in [3.63, 3.8) is 0 Å². The fourth-order valence-electron chi connectivity index (χ4n) is 7.40. The van der Waals surface area contributed by atoms with E-state index in [1.54, 1.807) is 29.2 Å². The Morgan fingerprint density at radius 1 is 0.873 bits per heavy atom. The van der Waals surface area contributed by atoms with Gasteiger partial charge in [-0.15, -0.1) is 0 Å². The number of carbonyl (C=O) groups is 5. The van der Waals surface area contributed by atoms with Gasteiger partial charge in [-0.3, -0.25) is 14.4 Å². The second-order valence-corrected chi connectivity index (χ2v) is 14.3. The minimum Gasteiger partial charge on any atom is -0.467 e. The second kappa shape index (κ2) is 20.5. The van der Waals surface area contributed by atoms with Crippen LogP contribution in [-0.2, 0) is 39.9 Å². The highest BCUT2D eigenvalue weighted by Gasteiger charge is 2.46. The molecule has 2 heterocycles. The highest BCUT2D eigenvalue weighted by molar-refractivity contribution is 6.01. The summed E-state index contributed by atoms with van der Waals surface area (Å²) in [5, 5.41) is 8.80. The molecule has 1 aliphatic heterocycles. The Morgan fingerprint density at radius 2 is 1.55 bits per heavy atom. The summed E-state index contributed by atoms with van der Waals surface area (Å²) >= 11 is 0. The fraction of sp³-hybridized carbons (Fsp3) is 0.524. The van der Waals surface area contributed by atoms with Gasteiger partial charge in [-0.2, -0.15) is 0 Å². The van der Waals surface area contributed by atoms with E-state index < -0.39 is 66.0 Å². The highest BCUT2D eigenvalue weighted by atomic mass is 16.5. The maximum atomic E-state index is 14.6. The van der Waals surface area contributed by atoms with Crippen molar-refractivity contribution in [2.75, 3.05) is 25.7 Å². The SMILES string of the molecule is CCCCCCC[C@@H]1C[C@H](C(=O)NCC(=O)N[C@@H](Cc2ccccc2)C(=O)OC)N(C(C(=O)NC(C)C(=O)OC)C(C)CC)c2c1c(=O)oc1ccccc21. The third-order valence-electron chi connectivity index (χ3n) is 10.5. The van der Waals surface area contributed by atoms with Crippen LogP contribution in [0.25, 0.3) is 11.0 Å². The van der Waals surface area contributed by atoms with Crippen LogP contribution in [0.4, 0.5) is 5.69 Å². The number of nitrogens with zero attached hydrogens (tertiary/aromatic N) is 1. The minimum atomic E-state index is -1.02. The van der Waals surface area contributed by atoms with Crippen molar-refractivity contribution in [1.82, 2.24) is 16.0 Å². The van der Waals surface area contributed by atoms with Gasteiger partial charge in [-0.05, 0) is 49.3 Å². The van der Waals surface area contributed by atoms with Crippen LogP contribution in [0.1, 0.15) is 96.1 Å². The van der Waals surface area contributed by atoms with Crippen LogP contribution in [0.5, 0.6) is 0 Å². The summed E-state index contributed by atoms with van der Waals surface area (Å²) in [4.78, 5) is 83.0. The van der Waals surface area contributed by atoms with Crippen LogP contribution in [0, 0.1) is 5.92 Å².